The van der Waals surface area contributed by atoms with Gasteiger partial charge < -0.3 is 10.6 Å². The molecule has 0 fully saturated rings. The summed E-state index contributed by atoms with van der Waals surface area (Å²) in [5.74, 6) is 0.740. The highest BCUT2D eigenvalue weighted by Gasteiger charge is 2.08. The number of nitrogens with zero attached hydrogens (tertiary/aromatic N) is 1. The van der Waals surface area contributed by atoms with Crippen molar-refractivity contribution >= 4 is 11.4 Å². The van der Waals surface area contributed by atoms with E-state index in [9.17, 15) is 0 Å². The molecule has 0 saturated heterocycles. The highest BCUT2D eigenvalue weighted by Crippen LogP contribution is 2.18. The molecule has 0 aliphatic carbocycles. The average Bonchev–Trinajstić information content (AvgIpc) is 2.29. The van der Waals surface area contributed by atoms with Gasteiger partial charge in [-0.1, -0.05) is 27.2 Å². The van der Waals surface area contributed by atoms with Crippen molar-refractivity contribution < 1.29 is 0 Å². The van der Waals surface area contributed by atoms with Crippen LogP contribution in [0.4, 0.5) is 11.4 Å². The molecule has 0 amide bonds. The lowest BCUT2D eigenvalue weighted by Gasteiger charge is -2.27. The second-order valence-corrected chi connectivity index (χ2v) is 4.55. The Kier molecular flexibility index (Phi) is 5.17. The van der Waals surface area contributed by atoms with Crippen LogP contribution in [-0.4, -0.2) is 13.1 Å². The van der Waals surface area contributed by atoms with Crippen LogP contribution in [-0.2, 0) is 0 Å². The van der Waals surface area contributed by atoms with Gasteiger partial charge in [0.15, 0.2) is 0 Å². The molecule has 0 radical (unpaired) electrons. The molecule has 1 aromatic rings. The Balaban J connectivity index is 2.72. The molecule has 1 atom stereocenters. The maximum Gasteiger partial charge on any atom is 0.0367 e. The van der Waals surface area contributed by atoms with E-state index < -0.39 is 0 Å². The second-order valence-electron chi connectivity index (χ2n) is 4.55. The summed E-state index contributed by atoms with van der Waals surface area (Å²) in [6.07, 6.45) is 2.41. The van der Waals surface area contributed by atoms with Gasteiger partial charge in [-0.25, -0.2) is 0 Å². The largest absolute Gasteiger partial charge is 0.399 e. The molecule has 16 heavy (non-hydrogen) atoms. The predicted molar refractivity (Wildman–Crippen MR) is 72.8 cm³/mol. The summed E-state index contributed by atoms with van der Waals surface area (Å²) >= 11 is 0. The number of rotatable bonds is 6. The van der Waals surface area contributed by atoms with Gasteiger partial charge in [-0.3, -0.25) is 0 Å². The zero-order chi connectivity index (χ0) is 12.0. The highest BCUT2D eigenvalue weighted by molar-refractivity contribution is 5.53. The maximum absolute atomic E-state index is 5.71. The molecule has 2 nitrogen and oxygen atoms in total. The monoisotopic (exact) mass is 220 g/mol. The van der Waals surface area contributed by atoms with Crippen molar-refractivity contribution in [2.24, 2.45) is 5.92 Å². The summed E-state index contributed by atoms with van der Waals surface area (Å²) < 4.78 is 0. The number of benzene rings is 1. The van der Waals surface area contributed by atoms with Crippen LogP contribution in [0, 0.1) is 5.92 Å². The topological polar surface area (TPSA) is 29.3 Å². The first-order valence-corrected chi connectivity index (χ1v) is 6.27. The van der Waals surface area contributed by atoms with Crippen LogP contribution < -0.4 is 10.6 Å². The van der Waals surface area contributed by atoms with E-state index >= 15 is 0 Å². The minimum Gasteiger partial charge on any atom is -0.399 e. The van der Waals surface area contributed by atoms with Crippen molar-refractivity contribution in [3.63, 3.8) is 0 Å². The lowest BCUT2D eigenvalue weighted by molar-refractivity contribution is 0.541. The summed E-state index contributed by atoms with van der Waals surface area (Å²) in [6.45, 7) is 9.03. The van der Waals surface area contributed by atoms with Crippen LogP contribution in [0.2, 0.25) is 0 Å². The molecule has 2 N–H and O–H groups in total. The SMILES string of the molecule is CCCN(CC(C)CC)c1ccc(N)cc1. The molecular formula is C14H24N2. The smallest absolute Gasteiger partial charge is 0.0367 e. The molecular weight excluding hydrogens is 196 g/mol. The number of nitrogen functional groups attached to an aromatic ring is 1. The molecule has 1 aromatic carbocycles. The van der Waals surface area contributed by atoms with Crippen LogP contribution in [0.1, 0.15) is 33.6 Å². The normalized spacial score (nSPS) is 12.4. The van der Waals surface area contributed by atoms with Gasteiger partial charge in [0, 0.05) is 24.5 Å². The van der Waals surface area contributed by atoms with Gasteiger partial charge in [0.1, 0.15) is 0 Å². The Morgan fingerprint density at radius 2 is 1.81 bits per heavy atom. The number of hydrogen-bond donors (Lipinski definition) is 1. The molecule has 0 heterocycles. The van der Waals surface area contributed by atoms with Crippen molar-refractivity contribution in [3.8, 4) is 0 Å². The Morgan fingerprint density at radius 1 is 1.19 bits per heavy atom. The third-order valence-electron chi connectivity index (χ3n) is 2.98. The van der Waals surface area contributed by atoms with Crippen molar-refractivity contribution in [1.82, 2.24) is 0 Å². The maximum atomic E-state index is 5.71. The first-order chi connectivity index (χ1) is 7.67. The fourth-order valence-electron chi connectivity index (χ4n) is 1.79. The zero-order valence-electron chi connectivity index (χ0n) is 10.7. The number of nitrogens with two attached hydrogens (primary N) is 1. The third-order valence-corrected chi connectivity index (χ3v) is 2.98. The first-order valence-electron chi connectivity index (χ1n) is 6.27. The van der Waals surface area contributed by atoms with Gasteiger partial charge >= 0.3 is 0 Å². The van der Waals surface area contributed by atoms with Crippen LogP contribution in [0.15, 0.2) is 24.3 Å². The zero-order valence-corrected chi connectivity index (χ0v) is 10.7. The summed E-state index contributed by atoms with van der Waals surface area (Å²) in [5.41, 5.74) is 7.83. The van der Waals surface area contributed by atoms with Crippen LogP contribution in [0.3, 0.4) is 0 Å². The lowest BCUT2D eigenvalue weighted by atomic mass is 10.1. The first kappa shape index (κ1) is 12.9. The van der Waals surface area contributed by atoms with E-state index in [1.54, 1.807) is 0 Å². The molecule has 0 spiro atoms. The van der Waals surface area contributed by atoms with E-state index in [0.29, 0.717) is 0 Å². The van der Waals surface area contributed by atoms with Crippen LogP contribution in [0.25, 0.3) is 0 Å². The Morgan fingerprint density at radius 3 is 2.31 bits per heavy atom. The standard InChI is InChI=1S/C14H24N2/c1-4-10-16(11-12(3)5-2)14-8-6-13(15)7-9-14/h6-9,12H,4-5,10-11,15H2,1-3H3. The molecule has 0 aliphatic rings. The molecule has 0 bridgehead atoms. The van der Waals surface area contributed by atoms with E-state index in [0.717, 1.165) is 24.7 Å². The molecule has 0 saturated carbocycles. The quantitative estimate of drug-likeness (QED) is 0.743. The molecule has 90 valence electrons. The van der Waals surface area contributed by atoms with E-state index in [1.165, 1.54) is 18.5 Å². The van der Waals surface area contributed by atoms with E-state index in [4.69, 9.17) is 5.73 Å². The fourth-order valence-corrected chi connectivity index (χ4v) is 1.79. The van der Waals surface area contributed by atoms with Gasteiger partial charge in [-0.15, -0.1) is 0 Å². The predicted octanol–water partition coefficient (Wildman–Crippen LogP) is 3.53. The van der Waals surface area contributed by atoms with Crippen molar-refractivity contribution in [2.75, 3.05) is 23.7 Å². The summed E-state index contributed by atoms with van der Waals surface area (Å²) in [6, 6.07) is 8.20. The van der Waals surface area contributed by atoms with Crippen LogP contribution >= 0.6 is 0 Å². The summed E-state index contributed by atoms with van der Waals surface area (Å²) in [7, 11) is 0. The third kappa shape index (κ3) is 3.76. The number of hydrogen-bond acceptors (Lipinski definition) is 2. The van der Waals surface area contributed by atoms with Gasteiger partial charge in [-0.2, -0.15) is 0 Å². The molecule has 1 unspecified atom stereocenters. The van der Waals surface area contributed by atoms with E-state index in [2.05, 4.69) is 37.8 Å². The van der Waals surface area contributed by atoms with Gasteiger partial charge in [0.2, 0.25) is 0 Å². The van der Waals surface area contributed by atoms with Crippen LogP contribution in [0.5, 0.6) is 0 Å². The van der Waals surface area contributed by atoms with Gasteiger partial charge in [0.05, 0.1) is 0 Å². The Bertz CT molecular complexity index is 292. The second kappa shape index (κ2) is 6.41. The molecule has 2 heteroatoms. The minimum atomic E-state index is 0.740. The Hall–Kier alpha value is -1.18. The Labute approximate surface area is 99.5 Å². The minimum absolute atomic E-state index is 0.740. The summed E-state index contributed by atoms with van der Waals surface area (Å²) in [4.78, 5) is 2.45. The molecule has 1 rings (SSSR count). The van der Waals surface area contributed by atoms with E-state index in [1.807, 2.05) is 12.1 Å². The summed E-state index contributed by atoms with van der Waals surface area (Å²) in [5, 5.41) is 0. The van der Waals surface area contributed by atoms with Crippen molar-refractivity contribution in [2.45, 2.75) is 33.6 Å². The van der Waals surface area contributed by atoms with Gasteiger partial charge in [0.25, 0.3) is 0 Å². The van der Waals surface area contributed by atoms with Gasteiger partial charge in [-0.05, 0) is 36.6 Å². The number of anilines is 2. The highest BCUT2D eigenvalue weighted by atomic mass is 15.1. The average molecular weight is 220 g/mol. The molecule has 0 aromatic heterocycles. The van der Waals surface area contributed by atoms with Crippen molar-refractivity contribution in [1.29, 1.82) is 0 Å². The fraction of sp³-hybridized carbons (Fsp3) is 0.571. The van der Waals surface area contributed by atoms with Crippen molar-refractivity contribution in [3.05, 3.63) is 24.3 Å². The van der Waals surface area contributed by atoms with E-state index in [-0.39, 0.29) is 0 Å². The molecule has 0 aliphatic heterocycles. The lowest BCUT2D eigenvalue weighted by Crippen LogP contribution is -2.29.